The fraction of sp³-hybridized carbons (Fsp3) is 0.316. The van der Waals surface area contributed by atoms with E-state index in [1.807, 2.05) is 0 Å². The van der Waals surface area contributed by atoms with Crippen molar-refractivity contribution in [2.45, 2.75) is 17.9 Å². The number of rotatable bonds is 5. The van der Waals surface area contributed by atoms with E-state index in [9.17, 15) is 13.2 Å². The topological polar surface area (TPSA) is 66.9 Å². The zero-order chi connectivity index (χ0) is 21.2. The molecule has 1 aliphatic heterocycles. The second-order valence-electron chi connectivity index (χ2n) is 6.47. The van der Waals surface area contributed by atoms with E-state index >= 15 is 0 Å². The van der Waals surface area contributed by atoms with Crippen LogP contribution in [0.5, 0.6) is 5.75 Å². The number of hydrogen-bond donors (Lipinski definition) is 0. The molecule has 1 saturated heterocycles. The molecule has 1 amide bonds. The lowest BCUT2D eigenvalue weighted by Crippen LogP contribution is -2.53. The van der Waals surface area contributed by atoms with E-state index in [2.05, 4.69) is 0 Å². The number of benzene rings is 2. The van der Waals surface area contributed by atoms with Crippen molar-refractivity contribution in [3.8, 4) is 5.75 Å². The highest BCUT2D eigenvalue weighted by Gasteiger charge is 2.33. The molecule has 0 N–H and O–H groups in total. The molecule has 0 bridgehead atoms. The van der Waals surface area contributed by atoms with E-state index in [0.717, 1.165) is 0 Å². The predicted molar refractivity (Wildman–Crippen MR) is 113 cm³/mol. The lowest BCUT2D eigenvalue weighted by Gasteiger charge is -2.35. The summed E-state index contributed by atoms with van der Waals surface area (Å²) in [4.78, 5) is 14.2. The van der Waals surface area contributed by atoms with Crippen LogP contribution in [0, 0.1) is 0 Å². The van der Waals surface area contributed by atoms with E-state index in [-0.39, 0.29) is 47.0 Å². The van der Waals surface area contributed by atoms with Gasteiger partial charge in [-0.25, -0.2) is 8.42 Å². The van der Waals surface area contributed by atoms with Crippen molar-refractivity contribution in [1.29, 1.82) is 0 Å². The highest BCUT2D eigenvalue weighted by molar-refractivity contribution is 7.89. The van der Waals surface area contributed by atoms with Gasteiger partial charge in [0.25, 0.3) is 5.91 Å². The molecular formula is C19H19Cl3N2O4S. The van der Waals surface area contributed by atoms with Gasteiger partial charge in [0.15, 0.2) is 6.10 Å². The Morgan fingerprint density at radius 3 is 2.24 bits per heavy atom. The maximum absolute atomic E-state index is 12.9. The minimum absolute atomic E-state index is 0.00515. The van der Waals surface area contributed by atoms with E-state index in [1.54, 1.807) is 36.1 Å². The van der Waals surface area contributed by atoms with E-state index in [1.165, 1.54) is 22.5 Å². The van der Waals surface area contributed by atoms with Crippen molar-refractivity contribution in [2.24, 2.45) is 0 Å². The maximum atomic E-state index is 12.9. The Hall–Kier alpha value is -1.51. The van der Waals surface area contributed by atoms with Crippen LogP contribution in [0.1, 0.15) is 6.92 Å². The summed E-state index contributed by atoms with van der Waals surface area (Å²) in [6.45, 7) is 2.42. The Morgan fingerprint density at radius 1 is 0.966 bits per heavy atom. The first-order valence-corrected chi connectivity index (χ1v) is 11.4. The third kappa shape index (κ3) is 4.81. The van der Waals surface area contributed by atoms with Crippen LogP contribution >= 0.6 is 34.8 Å². The van der Waals surface area contributed by atoms with Gasteiger partial charge in [-0.15, -0.1) is 0 Å². The van der Waals surface area contributed by atoms with Crippen molar-refractivity contribution in [2.75, 3.05) is 26.2 Å². The highest BCUT2D eigenvalue weighted by atomic mass is 35.5. The molecule has 156 valence electrons. The first-order chi connectivity index (χ1) is 13.7. The van der Waals surface area contributed by atoms with Crippen LogP contribution in [0.15, 0.2) is 47.4 Å². The molecule has 2 aromatic carbocycles. The first kappa shape index (κ1) is 22.2. The average molecular weight is 478 g/mol. The van der Waals surface area contributed by atoms with Crippen LogP contribution in [0.4, 0.5) is 0 Å². The quantitative estimate of drug-likeness (QED) is 0.654. The summed E-state index contributed by atoms with van der Waals surface area (Å²) in [6.07, 6.45) is -0.750. The Bertz CT molecular complexity index is 1010. The third-order valence-electron chi connectivity index (χ3n) is 4.57. The molecule has 0 radical (unpaired) electrons. The molecular weight excluding hydrogens is 459 g/mol. The van der Waals surface area contributed by atoms with Crippen LogP contribution in [0.25, 0.3) is 0 Å². The summed E-state index contributed by atoms with van der Waals surface area (Å²) >= 11 is 18.1. The molecule has 6 nitrogen and oxygen atoms in total. The van der Waals surface area contributed by atoms with Crippen molar-refractivity contribution in [1.82, 2.24) is 9.21 Å². The van der Waals surface area contributed by atoms with Crippen LogP contribution in [-0.4, -0.2) is 55.8 Å². The summed E-state index contributed by atoms with van der Waals surface area (Å²) in [7, 11) is -3.81. The second kappa shape index (κ2) is 9.10. The van der Waals surface area contributed by atoms with Crippen molar-refractivity contribution in [3.05, 3.63) is 57.5 Å². The lowest BCUT2D eigenvalue weighted by atomic mass is 10.2. The Labute approximate surface area is 185 Å². The van der Waals surface area contributed by atoms with Gasteiger partial charge in [0.1, 0.15) is 10.6 Å². The van der Waals surface area contributed by atoms with Crippen LogP contribution in [-0.2, 0) is 14.8 Å². The average Bonchev–Trinajstić information content (AvgIpc) is 2.71. The third-order valence-corrected chi connectivity index (χ3v) is 7.76. The zero-order valence-electron chi connectivity index (χ0n) is 15.5. The molecule has 0 saturated carbocycles. The summed E-state index contributed by atoms with van der Waals surface area (Å²) in [5.74, 6) is 0.189. The molecule has 3 rings (SSSR count). The van der Waals surface area contributed by atoms with Gasteiger partial charge in [-0.1, -0.05) is 53.0 Å². The summed E-state index contributed by atoms with van der Waals surface area (Å²) in [5, 5.41) is 0.586. The number of amides is 1. The summed E-state index contributed by atoms with van der Waals surface area (Å²) in [5.41, 5.74) is 0. The predicted octanol–water partition coefficient (Wildman–Crippen LogP) is 3.95. The fourth-order valence-electron chi connectivity index (χ4n) is 3.01. The van der Waals surface area contributed by atoms with Gasteiger partial charge in [-0.3, -0.25) is 4.79 Å². The number of halogens is 3. The number of ether oxygens (including phenoxy) is 1. The lowest BCUT2D eigenvalue weighted by molar-refractivity contribution is -0.139. The second-order valence-corrected chi connectivity index (χ2v) is 9.57. The molecule has 1 heterocycles. The van der Waals surface area contributed by atoms with Crippen molar-refractivity contribution < 1.29 is 17.9 Å². The Morgan fingerprint density at radius 2 is 1.59 bits per heavy atom. The minimum Gasteiger partial charge on any atom is -0.479 e. The van der Waals surface area contributed by atoms with Gasteiger partial charge in [0.2, 0.25) is 10.0 Å². The molecule has 1 atom stereocenters. The maximum Gasteiger partial charge on any atom is 0.263 e. The van der Waals surface area contributed by atoms with Crippen LogP contribution < -0.4 is 4.74 Å². The number of hydrogen-bond acceptors (Lipinski definition) is 4. The smallest absolute Gasteiger partial charge is 0.263 e. The van der Waals surface area contributed by atoms with Gasteiger partial charge >= 0.3 is 0 Å². The van der Waals surface area contributed by atoms with Gasteiger partial charge in [-0.2, -0.15) is 4.31 Å². The largest absolute Gasteiger partial charge is 0.479 e. The molecule has 10 heteroatoms. The number of nitrogens with zero attached hydrogens (tertiary/aromatic N) is 2. The van der Waals surface area contributed by atoms with Gasteiger partial charge in [0.05, 0.1) is 15.1 Å². The molecule has 0 aliphatic carbocycles. The van der Waals surface area contributed by atoms with Gasteiger partial charge in [0, 0.05) is 26.2 Å². The monoisotopic (exact) mass is 476 g/mol. The standard InChI is InChI=1S/C19H19Cl3N2O4S/c1-13(28-16-7-3-2-5-14(16)20)19(25)23-9-11-24(12-10-23)29(26,27)17-8-4-6-15(21)18(17)22/h2-8,13H,9-12H2,1H3. The molecule has 29 heavy (non-hydrogen) atoms. The van der Waals surface area contributed by atoms with Crippen molar-refractivity contribution >= 4 is 50.7 Å². The van der Waals surface area contributed by atoms with E-state index in [4.69, 9.17) is 39.5 Å². The molecule has 1 unspecified atom stereocenters. The van der Waals surface area contributed by atoms with Crippen molar-refractivity contribution in [3.63, 3.8) is 0 Å². The molecule has 0 aromatic heterocycles. The fourth-order valence-corrected chi connectivity index (χ4v) is 5.35. The molecule has 2 aromatic rings. The summed E-state index contributed by atoms with van der Waals surface area (Å²) in [6, 6.07) is 11.4. The zero-order valence-corrected chi connectivity index (χ0v) is 18.6. The first-order valence-electron chi connectivity index (χ1n) is 8.86. The minimum atomic E-state index is -3.81. The normalized spacial score (nSPS) is 16.5. The summed E-state index contributed by atoms with van der Waals surface area (Å²) < 4.78 is 32.7. The SMILES string of the molecule is CC(Oc1ccccc1Cl)C(=O)N1CCN(S(=O)(=O)c2cccc(Cl)c2Cl)CC1. The number of para-hydroxylation sites is 1. The number of carbonyl (C=O) groups is 1. The number of piperazine rings is 1. The van der Waals surface area contributed by atoms with E-state index < -0.39 is 16.1 Å². The van der Waals surface area contributed by atoms with Gasteiger partial charge in [-0.05, 0) is 31.2 Å². The van der Waals surface area contributed by atoms with Crippen LogP contribution in [0.2, 0.25) is 15.1 Å². The van der Waals surface area contributed by atoms with Gasteiger partial charge < -0.3 is 9.64 Å². The Kier molecular flexibility index (Phi) is 6.96. The number of carbonyl (C=O) groups excluding carboxylic acids is 1. The molecule has 1 fully saturated rings. The van der Waals surface area contributed by atoms with E-state index in [0.29, 0.717) is 10.8 Å². The number of sulfonamides is 1. The highest BCUT2D eigenvalue weighted by Crippen LogP contribution is 2.31. The molecule has 1 aliphatic rings. The Balaban J connectivity index is 1.64. The molecule has 0 spiro atoms. The van der Waals surface area contributed by atoms with Crippen LogP contribution in [0.3, 0.4) is 0 Å².